The lowest BCUT2D eigenvalue weighted by atomic mass is 10.3. The van der Waals surface area contributed by atoms with Gasteiger partial charge in [-0.1, -0.05) is 6.07 Å². The predicted octanol–water partition coefficient (Wildman–Crippen LogP) is 0.616. The Morgan fingerprint density at radius 3 is 2.92 bits per heavy atom. The van der Waals surface area contributed by atoms with Crippen LogP contribution in [0.3, 0.4) is 0 Å². The highest BCUT2D eigenvalue weighted by molar-refractivity contribution is 5.80. The predicted molar refractivity (Wildman–Crippen MR) is 48.3 cm³/mol. The molecule has 1 heterocycles. The van der Waals surface area contributed by atoms with E-state index in [1.807, 2.05) is 6.07 Å². The van der Waals surface area contributed by atoms with Crippen LogP contribution < -0.4 is 10.5 Å². The molecule has 0 saturated carbocycles. The summed E-state index contributed by atoms with van der Waals surface area (Å²) in [4.78, 5) is 4.03. The zero-order valence-corrected chi connectivity index (χ0v) is 7.06. The number of para-hydroxylation sites is 1. The van der Waals surface area contributed by atoms with E-state index in [9.17, 15) is 0 Å². The van der Waals surface area contributed by atoms with E-state index in [4.69, 9.17) is 10.5 Å². The maximum Gasteiger partial charge on any atom is 0.240 e. The molecule has 0 amide bonds. The standard InChI is InChI=1S/C8H8N4O/c1-13-6-4-2-3-5-7(6)10-8(9)12-11-5/h2-4H,1H3,(H2,9,10,12). The number of fused-ring (bicyclic) bond motifs is 1. The molecule has 2 aromatic rings. The smallest absolute Gasteiger partial charge is 0.240 e. The maximum atomic E-state index is 5.41. The SMILES string of the molecule is COc1cccc2nnc(N)nc12. The minimum Gasteiger partial charge on any atom is -0.494 e. The van der Waals surface area contributed by atoms with Crippen LogP contribution in [0.5, 0.6) is 5.75 Å². The van der Waals surface area contributed by atoms with Gasteiger partial charge in [-0.25, -0.2) is 4.98 Å². The lowest BCUT2D eigenvalue weighted by Crippen LogP contribution is -1.98. The third-order valence-corrected chi connectivity index (χ3v) is 1.68. The Bertz CT molecular complexity index is 443. The molecule has 1 aromatic carbocycles. The number of nitrogens with two attached hydrogens (primary N) is 1. The molecule has 1 aromatic heterocycles. The van der Waals surface area contributed by atoms with Gasteiger partial charge in [0.1, 0.15) is 16.8 Å². The van der Waals surface area contributed by atoms with Crippen LogP contribution in [-0.2, 0) is 0 Å². The minimum absolute atomic E-state index is 0.150. The molecule has 0 saturated heterocycles. The van der Waals surface area contributed by atoms with Crippen molar-refractivity contribution in [2.75, 3.05) is 12.8 Å². The van der Waals surface area contributed by atoms with Crippen molar-refractivity contribution in [2.45, 2.75) is 0 Å². The summed E-state index contributed by atoms with van der Waals surface area (Å²) in [7, 11) is 1.58. The highest BCUT2D eigenvalue weighted by atomic mass is 16.5. The Hall–Kier alpha value is -1.91. The number of ether oxygens (including phenoxy) is 1. The summed E-state index contributed by atoms with van der Waals surface area (Å²) in [5, 5.41) is 7.52. The Kier molecular flexibility index (Phi) is 1.70. The minimum atomic E-state index is 0.150. The summed E-state index contributed by atoms with van der Waals surface area (Å²) < 4.78 is 5.10. The number of hydrogen-bond acceptors (Lipinski definition) is 5. The molecule has 0 aliphatic rings. The summed E-state index contributed by atoms with van der Waals surface area (Å²) >= 11 is 0. The summed E-state index contributed by atoms with van der Waals surface area (Å²) in [6.45, 7) is 0. The molecule has 0 radical (unpaired) electrons. The Morgan fingerprint density at radius 2 is 2.15 bits per heavy atom. The van der Waals surface area contributed by atoms with Gasteiger partial charge in [-0.2, -0.15) is 0 Å². The zero-order chi connectivity index (χ0) is 9.26. The van der Waals surface area contributed by atoms with Gasteiger partial charge in [0, 0.05) is 0 Å². The van der Waals surface area contributed by atoms with Gasteiger partial charge in [0.15, 0.2) is 0 Å². The Morgan fingerprint density at radius 1 is 1.31 bits per heavy atom. The fraction of sp³-hybridized carbons (Fsp3) is 0.125. The van der Waals surface area contributed by atoms with Crippen LogP contribution in [0.1, 0.15) is 0 Å². The molecule has 0 aliphatic carbocycles. The molecule has 0 aliphatic heterocycles. The first-order chi connectivity index (χ1) is 6.31. The average Bonchev–Trinajstić information content (AvgIpc) is 2.17. The number of methoxy groups -OCH3 is 1. The number of rotatable bonds is 1. The number of benzene rings is 1. The van der Waals surface area contributed by atoms with Gasteiger partial charge >= 0.3 is 0 Å². The fourth-order valence-corrected chi connectivity index (χ4v) is 1.11. The molecular formula is C8H8N4O. The van der Waals surface area contributed by atoms with Gasteiger partial charge in [-0.3, -0.25) is 0 Å². The molecule has 0 atom stereocenters. The highest BCUT2D eigenvalue weighted by Crippen LogP contribution is 2.20. The second-order valence-corrected chi connectivity index (χ2v) is 2.50. The molecule has 0 spiro atoms. The van der Waals surface area contributed by atoms with Crippen molar-refractivity contribution in [3.8, 4) is 5.75 Å². The van der Waals surface area contributed by atoms with Crippen LogP contribution in [0, 0.1) is 0 Å². The van der Waals surface area contributed by atoms with E-state index in [1.54, 1.807) is 19.2 Å². The number of nitrogens with zero attached hydrogens (tertiary/aromatic N) is 3. The fourth-order valence-electron chi connectivity index (χ4n) is 1.11. The van der Waals surface area contributed by atoms with Crippen LogP contribution in [0.25, 0.3) is 11.0 Å². The first-order valence-electron chi connectivity index (χ1n) is 3.74. The van der Waals surface area contributed by atoms with Crippen molar-refractivity contribution >= 4 is 17.0 Å². The Balaban J connectivity index is 2.79. The van der Waals surface area contributed by atoms with E-state index in [0.29, 0.717) is 16.8 Å². The molecule has 5 heteroatoms. The van der Waals surface area contributed by atoms with Crippen molar-refractivity contribution in [2.24, 2.45) is 0 Å². The van der Waals surface area contributed by atoms with E-state index in [0.717, 1.165) is 0 Å². The molecule has 0 bridgehead atoms. The van der Waals surface area contributed by atoms with Gasteiger partial charge in [0.2, 0.25) is 5.95 Å². The first kappa shape index (κ1) is 7.72. The third-order valence-electron chi connectivity index (χ3n) is 1.68. The molecular weight excluding hydrogens is 168 g/mol. The average molecular weight is 176 g/mol. The van der Waals surface area contributed by atoms with Gasteiger partial charge in [0.05, 0.1) is 7.11 Å². The number of hydrogen-bond donors (Lipinski definition) is 1. The molecule has 0 fully saturated rings. The quantitative estimate of drug-likeness (QED) is 0.689. The third kappa shape index (κ3) is 1.24. The van der Waals surface area contributed by atoms with Crippen molar-refractivity contribution in [3.63, 3.8) is 0 Å². The topological polar surface area (TPSA) is 73.9 Å². The van der Waals surface area contributed by atoms with Crippen LogP contribution in [0.2, 0.25) is 0 Å². The Labute approximate surface area is 74.6 Å². The lowest BCUT2D eigenvalue weighted by molar-refractivity contribution is 0.418. The zero-order valence-electron chi connectivity index (χ0n) is 7.06. The molecule has 66 valence electrons. The van der Waals surface area contributed by atoms with E-state index in [2.05, 4.69) is 15.2 Å². The van der Waals surface area contributed by atoms with E-state index in [-0.39, 0.29) is 5.95 Å². The van der Waals surface area contributed by atoms with Gasteiger partial charge in [0.25, 0.3) is 0 Å². The monoisotopic (exact) mass is 176 g/mol. The van der Waals surface area contributed by atoms with Crippen LogP contribution in [-0.4, -0.2) is 22.3 Å². The van der Waals surface area contributed by atoms with Gasteiger partial charge < -0.3 is 10.5 Å². The number of anilines is 1. The summed E-state index contributed by atoms with van der Waals surface area (Å²) in [6.07, 6.45) is 0. The van der Waals surface area contributed by atoms with E-state index >= 15 is 0 Å². The molecule has 13 heavy (non-hydrogen) atoms. The van der Waals surface area contributed by atoms with Crippen molar-refractivity contribution in [1.82, 2.24) is 15.2 Å². The van der Waals surface area contributed by atoms with Crippen LogP contribution in [0.4, 0.5) is 5.95 Å². The van der Waals surface area contributed by atoms with Gasteiger partial charge in [-0.15, -0.1) is 10.2 Å². The largest absolute Gasteiger partial charge is 0.494 e. The number of nitrogen functional groups attached to an aromatic ring is 1. The van der Waals surface area contributed by atoms with E-state index < -0.39 is 0 Å². The molecule has 0 unspecified atom stereocenters. The second-order valence-electron chi connectivity index (χ2n) is 2.50. The summed E-state index contributed by atoms with van der Waals surface area (Å²) in [6, 6.07) is 5.43. The van der Waals surface area contributed by atoms with Crippen molar-refractivity contribution in [3.05, 3.63) is 18.2 Å². The van der Waals surface area contributed by atoms with Crippen LogP contribution >= 0.6 is 0 Å². The number of aromatic nitrogens is 3. The first-order valence-corrected chi connectivity index (χ1v) is 3.74. The molecule has 2 rings (SSSR count). The maximum absolute atomic E-state index is 5.41. The lowest BCUT2D eigenvalue weighted by Gasteiger charge is -2.02. The normalized spacial score (nSPS) is 10.2. The summed E-state index contributed by atoms with van der Waals surface area (Å²) in [5.41, 5.74) is 6.72. The van der Waals surface area contributed by atoms with Crippen molar-refractivity contribution < 1.29 is 4.74 Å². The highest BCUT2D eigenvalue weighted by Gasteiger charge is 2.03. The van der Waals surface area contributed by atoms with E-state index in [1.165, 1.54) is 0 Å². The van der Waals surface area contributed by atoms with Gasteiger partial charge in [-0.05, 0) is 12.1 Å². The molecule has 5 nitrogen and oxygen atoms in total. The summed E-state index contributed by atoms with van der Waals surface area (Å²) in [5.74, 6) is 0.802. The molecule has 2 N–H and O–H groups in total. The van der Waals surface area contributed by atoms with Crippen molar-refractivity contribution in [1.29, 1.82) is 0 Å². The van der Waals surface area contributed by atoms with Crippen LogP contribution in [0.15, 0.2) is 18.2 Å². The second kappa shape index (κ2) is 2.85.